The minimum atomic E-state index is 0.857. The van der Waals surface area contributed by atoms with Crippen LogP contribution < -0.4 is 0 Å². The average Bonchev–Trinajstić information content (AvgIpc) is 2.33. The first-order valence-electron chi connectivity index (χ1n) is 7.80. The summed E-state index contributed by atoms with van der Waals surface area (Å²) in [6, 6.07) is 0.857. The van der Waals surface area contributed by atoms with E-state index < -0.39 is 0 Å². The van der Waals surface area contributed by atoms with Gasteiger partial charge in [0.1, 0.15) is 0 Å². The average molecular weight is 253 g/mol. The second-order valence-electron chi connectivity index (χ2n) is 6.39. The van der Waals surface area contributed by atoms with Crippen molar-refractivity contribution in [1.29, 1.82) is 0 Å². The van der Waals surface area contributed by atoms with Crippen molar-refractivity contribution in [2.75, 3.05) is 53.4 Å². The Morgan fingerprint density at radius 1 is 1.06 bits per heavy atom. The lowest BCUT2D eigenvalue weighted by Crippen LogP contribution is -2.45. The lowest BCUT2D eigenvalue weighted by Gasteiger charge is -2.39. The molecule has 0 N–H and O–H groups in total. The molecule has 3 heteroatoms. The molecule has 0 radical (unpaired) electrons. The van der Waals surface area contributed by atoms with Crippen LogP contribution in [-0.4, -0.2) is 74.1 Å². The monoisotopic (exact) mass is 253 g/mol. The molecular formula is C15H31N3. The van der Waals surface area contributed by atoms with E-state index in [-0.39, 0.29) is 0 Å². The third kappa shape index (κ3) is 3.94. The van der Waals surface area contributed by atoms with E-state index in [4.69, 9.17) is 0 Å². The number of nitrogens with zero attached hydrogens (tertiary/aromatic N) is 3. The Balaban J connectivity index is 1.62. The number of hydrogen-bond acceptors (Lipinski definition) is 3. The van der Waals surface area contributed by atoms with E-state index in [0.717, 1.165) is 12.0 Å². The van der Waals surface area contributed by atoms with E-state index >= 15 is 0 Å². The molecule has 2 rings (SSSR count). The molecule has 0 saturated carbocycles. The Labute approximate surface area is 113 Å². The third-order valence-electron chi connectivity index (χ3n) is 4.81. The lowest BCUT2D eigenvalue weighted by molar-refractivity contribution is 0.102. The summed E-state index contributed by atoms with van der Waals surface area (Å²) >= 11 is 0. The van der Waals surface area contributed by atoms with Crippen molar-refractivity contribution >= 4 is 0 Å². The minimum Gasteiger partial charge on any atom is -0.306 e. The first-order valence-corrected chi connectivity index (χ1v) is 7.80. The first kappa shape index (κ1) is 14.3. The van der Waals surface area contributed by atoms with Crippen molar-refractivity contribution in [3.63, 3.8) is 0 Å². The van der Waals surface area contributed by atoms with Gasteiger partial charge in [0.25, 0.3) is 0 Å². The molecule has 2 heterocycles. The molecule has 2 aliphatic rings. The quantitative estimate of drug-likeness (QED) is 0.714. The van der Waals surface area contributed by atoms with Crippen molar-refractivity contribution in [2.45, 2.75) is 38.6 Å². The summed E-state index contributed by atoms with van der Waals surface area (Å²) in [5.41, 5.74) is 0. The van der Waals surface area contributed by atoms with Gasteiger partial charge in [0, 0.05) is 19.1 Å². The van der Waals surface area contributed by atoms with E-state index in [2.05, 4.69) is 35.7 Å². The first-order chi connectivity index (χ1) is 8.69. The smallest absolute Gasteiger partial charge is 0.0119 e. The van der Waals surface area contributed by atoms with Crippen LogP contribution in [0.3, 0.4) is 0 Å². The van der Waals surface area contributed by atoms with Crippen LogP contribution in [0.2, 0.25) is 0 Å². The van der Waals surface area contributed by atoms with Gasteiger partial charge < -0.3 is 14.7 Å². The van der Waals surface area contributed by atoms with E-state index in [1.165, 1.54) is 65.0 Å². The van der Waals surface area contributed by atoms with Gasteiger partial charge in [-0.05, 0) is 71.9 Å². The molecule has 0 bridgehead atoms. The van der Waals surface area contributed by atoms with Gasteiger partial charge in [-0.15, -0.1) is 0 Å². The highest BCUT2D eigenvalue weighted by Crippen LogP contribution is 2.20. The fourth-order valence-corrected chi connectivity index (χ4v) is 3.55. The van der Waals surface area contributed by atoms with Crippen molar-refractivity contribution in [3.05, 3.63) is 0 Å². The van der Waals surface area contributed by atoms with Crippen LogP contribution in [-0.2, 0) is 0 Å². The highest BCUT2D eigenvalue weighted by atomic mass is 15.2. The normalized spacial score (nSPS) is 24.7. The third-order valence-corrected chi connectivity index (χ3v) is 4.81. The van der Waals surface area contributed by atoms with Gasteiger partial charge in [0.15, 0.2) is 0 Å². The van der Waals surface area contributed by atoms with E-state index in [0.29, 0.717) is 0 Å². The minimum absolute atomic E-state index is 0.857. The van der Waals surface area contributed by atoms with Gasteiger partial charge in [-0.3, -0.25) is 0 Å². The lowest BCUT2D eigenvalue weighted by atomic mass is 9.95. The summed E-state index contributed by atoms with van der Waals surface area (Å²) in [4.78, 5) is 7.63. The molecule has 2 saturated heterocycles. The van der Waals surface area contributed by atoms with Gasteiger partial charge in [0.2, 0.25) is 0 Å². The summed E-state index contributed by atoms with van der Waals surface area (Å²) in [5, 5.41) is 0. The maximum absolute atomic E-state index is 2.73. The molecule has 0 atom stereocenters. The number of rotatable bonds is 6. The largest absolute Gasteiger partial charge is 0.306 e. The van der Waals surface area contributed by atoms with E-state index in [9.17, 15) is 0 Å². The van der Waals surface area contributed by atoms with Crippen LogP contribution in [0, 0.1) is 5.92 Å². The number of likely N-dealkylation sites (tertiary alicyclic amines) is 2. The molecular weight excluding hydrogens is 222 g/mol. The predicted molar refractivity (Wildman–Crippen MR) is 78.0 cm³/mol. The molecule has 2 fully saturated rings. The zero-order chi connectivity index (χ0) is 13.0. The van der Waals surface area contributed by atoms with Crippen molar-refractivity contribution in [3.8, 4) is 0 Å². The highest BCUT2D eigenvalue weighted by Gasteiger charge is 2.24. The molecule has 0 aromatic carbocycles. The molecule has 18 heavy (non-hydrogen) atoms. The van der Waals surface area contributed by atoms with Crippen LogP contribution in [0.4, 0.5) is 0 Å². The number of hydrogen-bond donors (Lipinski definition) is 0. The Morgan fingerprint density at radius 3 is 2.28 bits per heavy atom. The topological polar surface area (TPSA) is 9.72 Å². The summed E-state index contributed by atoms with van der Waals surface area (Å²) in [7, 11) is 4.48. The van der Waals surface area contributed by atoms with Crippen LogP contribution in [0.25, 0.3) is 0 Å². The second kappa shape index (κ2) is 6.88. The molecule has 0 spiro atoms. The number of piperidine rings is 1. The van der Waals surface area contributed by atoms with Crippen molar-refractivity contribution < 1.29 is 0 Å². The maximum Gasteiger partial charge on any atom is 0.0119 e. The summed E-state index contributed by atoms with van der Waals surface area (Å²) in [6.45, 7) is 10.1. The van der Waals surface area contributed by atoms with Gasteiger partial charge in [0.05, 0.1) is 0 Å². The molecule has 0 aliphatic carbocycles. The fourth-order valence-electron chi connectivity index (χ4n) is 3.55. The zero-order valence-electron chi connectivity index (χ0n) is 12.6. The summed E-state index contributed by atoms with van der Waals surface area (Å²) < 4.78 is 0. The predicted octanol–water partition coefficient (Wildman–Crippen LogP) is 1.74. The SMILES string of the molecule is CCN(CCCC1CN(C)C1)C1CCN(C)CC1. The highest BCUT2D eigenvalue weighted by molar-refractivity contribution is 4.80. The van der Waals surface area contributed by atoms with Crippen molar-refractivity contribution in [1.82, 2.24) is 14.7 Å². The van der Waals surface area contributed by atoms with Gasteiger partial charge >= 0.3 is 0 Å². The molecule has 0 aromatic heterocycles. The Kier molecular flexibility index (Phi) is 5.46. The van der Waals surface area contributed by atoms with Crippen molar-refractivity contribution in [2.24, 2.45) is 5.92 Å². The second-order valence-corrected chi connectivity index (χ2v) is 6.39. The Hall–Kier alpha value is -0.120. The molecule has 3 nitrogen and oxygen atoms in total. The molecule has 106 valence electrons. The maximum atomic E-state index is 2.73. The van der Waals surface area contributed by atoms with Crippen LogP contribution >= 0.6 is 0 Å². The molecule has 2 aliphatic heterocycles. The van der Waals surface area contributed by atoms with Gasteiger partial charge in [-0.1, -0.05) is 6.92 Å². The van der Waals surface area contributed by atoms with Gasteiger partial charge in [-0.25, -0.2) is 0 Å². The van der Waals surface area contributed by atoms with Crippen LogP contribution in [0.1, 0.15) is 32.6 Å². The van der Waals surface area contributed by atoms with E-state index in [1.807, 2.05) is 0 Å². The van der Waals surface area contributed by atoms with Crippen LogP contribution in [0.5, 0.6) is 0 Å². The molecule has 0 unspecified atom stereocenters. The zero-order valence-corrected chi connectivity index (χ0v) is 12.6. The van der Waals surface area contributed by atoms with Crippen LogP contribution in [0.15, 0.2) is 0 Å². The standard InChI is InChI=1S/C15H31N3/c1-4-18(15-7-10-16(2)11-8-15)9-5-6-14-12-17(3)13-14/h14-15H,4-13H2,1-3H3. The van der Waals surface area contributed by atoms with E-state index in [1.54, 1.807) is 0 Å². The fraction of sp³-hybridized carbons (Fsp3) is 1.00. The summed E-state index contributed by atoms with van der Waals surface area (Å²) in [6.07, 6.45) is 5.58. The molecule has 0 amide bonds. The Bertz CT molecular complexity index is 230. The Morgan fingerprint density at radius 2 is 1.72 bits per heavy atom. The molecule has 0 aromatic rings. The van der Waals surface area contributed by atoms with Gasteiger partial charge in [-0.2, -0.15) is 0 Å². The summed E-state index contributed by atoms with van der Waals surface area (Å²) in [5.74, 6) is 0.992.